The van der Waals surface area contributed by atoms with E-state index in [0.29, 0.717) is 64.2 Å². The fourth-order valence-corrected chi connectivity index (χ4v) is 10.7. The van der Waals surface area contributed by atoms with Crippen LogP contribution in [0, 0.1) is 41.4 Å². The Balaban J connectivity index is 1.50. The lowest BCUT2D eigenvalue weighted by Gasteiger charge is -2.50. The van der Waals surface area contributed by atoms with Gasteiger partial charge in [0.15, 0.2) is 5.78 Å². The lowest BCUT2D eigenvalue weighted by Crippen LogP contribution is -2.65. The minimum atomic E-state index is -2.44. The number of hydrogen-bond donors (Lipinski definition) is 4. The molecule has 0 radical (unpaired) electrons. The van der Waals surface area contributed by atoms with Gasteiger partial charge in [0.2, 0.25) is 5.79 Å². The Morgan fingerprint density at radius 3 is 2.27 bits per heavy atom. The van der Waals surface area contributed by atoms with Gasteiger partial charge in [0.25, 0.3) is 11.7 Å². The summed E-state index contributed by atoms with van der Waals surface area (Å²) in [5.74, 6) is -9.08. The van der Waals surface area contributed by atoms with Crippen molar-refractivity contribution in [3.63, 3.8) is 0 Å². The van der Waals surface area contributed by atoms with Crippen LogP contribution < -0.4 is 0 Å². The van der Waals surface area contributed by atoms with Crippen LogP contribution in [0.25, 0.3) is 0 Å². The lowest BCUT2D eigenvalue weighted by molar-refractivity contribution is -0.266. The third kappa shape index (κ3) is 11.9. The van der Waals surface area contributed by atoms with Crippen LogP contribution in [0.15, 0.2) is 47.6 Å². The third-order valence-corrected chi connectivity index (χ3v) is 14.7. The molecule has 6 bridgehead atoms. The number of aliphatic hydroxyl groups excluding tert-OH is 3. The van der Waals surface area contributed by atoms with Crippen molar-refractivity contribution in [2.24, 2.45) is 41.4 Å². The van der Waals surface area contributed by atoms with Crippen LogP contribution in [0.4, 0.5) is 0 Å². The van der Waals surface area contributed by atoms with Crippen molar-refractivity contribution in [1.29, 1.82) is 0 Å². The SMILES string of the molecule is CO[C@H]1C[C@@H]2CC[C@@H](C)[C@@](O)(O2)C(=O)C(=O)N2CCCC3[C@H]2C(=O)O[C@@H](CC(=O)[C@H](C)/C=C(\C)[C@@H](O)[C@@H](O)C(=O)[C@H](C)C[C@H](C)/C=C/C=C/C=C/1C)[C@H]3C[C@@H]1CC[C@@H](O)[C@H](OC)C1. The van der Waals surface area contributed by atoms with Crippen LogP contribution in [-0.2, 0) is 42.9 Å². The highest BCUT2D eigenvalue weighted by Crippen LogP contribution is 2.45. The summed E-state index contributed by atoms with van der Waals surface area (Å²) in [5.41, 5.74) is 1.12. The van der Waals surface area contributed by atoms with E-state index in [9.17, 15) is 44.4 Å². The molecule has 4 aliphatic heterocycles. The normalized spacial score (nSPS) is 43.7. The number of allylic oxidation sites excluding steroid dienone is 6. The summed E-state index contributed by atoms with van der Waals surface area (Å²) in [5, 5.41) is 44.7. The number of carbonyl (C=O) groups excluding carboxylic acids is 5. The molecular weight excluding hydrogens is 811 g/mol. The average molecular weight is 884 g/mol. The molecule has 0 aromatic carbocycles. The summed E-state index contributed by atoms with van der Waals surface area (Å²) in [7, 11) is 3.12. The predicted octanol–water partition coefficient (Wildman–Crippen LogP) is 4.75. The van der Waals surface area contributed by atoms with Crippen molar-refractivity contribution in [2.75, 3.05) is 20.8 Å². The molecule has 5 rings (SSSR count). The first-order valence-corrected chi connectivity index (χ1v) is 23.1. The van der Waals surface area contributed by atoms with Gasteiger partial charge in [0, 0.05) is 57.3 Å². The number of aliphatic hydroxyl groups is 4. The highest BCUT2D eigenvalue weighted by atomic mass is 16.6. The maximum absolute atomic E-state index is 14.4. The summed E-state index contributed by atoms with van der Waals surface area (Å²) < 4.78 is 23.7. The Labute approximate surface area is 373 Å². The first-order chi connectivity index (χ1) is 29.8. The molecule has 14 heteroatoms. The largest absolute Gasteiger partial charge is 0.460 e. The second-order valence-electron chi connectivity index (χ2n) is 19.3. The Hall–Kier alpha value is -3.37. The second kappa shape index (κ2) is 22.2. The molecule has 4 heterocycles. The van der Waals surface area contributed by atoms with Crippen molar-refractivity contribution in [3.05, 3.63) is 47.6 Å². The smallest absolute Gasteiger partial charge is 0.329 e. The van der Waals surface area contributed by atoms with Crippen LogP contribution >= 0.6 is 0 Å². The van der Waals surface area contributed by atoms with E-state index in [2.05, 4.69) is 0 Å². The summed E-state index contributed by atoms with van der Waals surface area (Å²) in [6.45, 7) is 10.5. The molecule has 1 saturated carbocycles. The maximum atomic E-state index is 14.4. The molecule has 0 aromatic heterocycles. The molecular formula is C49H73NO13. The standard InChI is InChI=1S/C49H73NO13/c1-27-13-10-9-11-14-28(2)39(60-7)25-34-18-16-32(6)49(59,63-34)46(56)47(57)50-20-12-15-35-36(23-33-17-19-37(51)41(24-33)61-8)40(62-48(58)42(35)50)26-38(52)29(3)22-31(5)44(54)45(55)43(53)30(4)21-27/h9-11,13-14,22,27,29-30,32-37,39-42,44-45,51,54-55,59H,12,15-21,23-26H2,1-8H3/b11-9+,13-10+,28-14+,31-22+/t27-,29-,30-,32-,33+,34+,35?,36+,37-,39+,40+,41-,42+,44-,45+,49-/m1/s1. The van der Waals surface area contributed by atoms with Crippen LogP contribution in [0.1, 0.15) is 112 Å². The number of piperidine rings is 1. The highest BCUT2D eigenvalue weighted by Gasteiger charge is 2.57. The van der Waals surface area contributed by atoms with Gasteiger partial charge < -0.3 is 44.3 Å². The Morgan fingerprint density at radius 2 is 1.57 bits per heavy atom. The number of rotatable bonds is 4. The number of ether oxygens (including phenoxy) is 4. The predicted molar refractivity (Wildman–Crippen MR) is 234 cm³/mol. The number of hydrogen-bond acceptors (Lipinski definition) is 13. The first kappa shape index (κ1) is 50.6. The number of esters is 1. The van der Waals surface area contributed by atoms with Gasteiger partial charge in [0.05, 0.1) is 24.4 Å². The topological polar surface area (TPSA) is 206 Å². The van der Waals surface area contributed by atoms with Crippen LogP contribution in [0.3, 0.4) is 0 Å². The molecule has 3 saturated heterocycles. The van der Waals surface area contributed by atoms with E-state index in [1.165, 1.54) is 11.0 Å². The first-order valence-electron chi connectivity index (χ1n) is 23.1. The van der Waals surface area contributed by atoms with Crippen LogP contribution in [0.5, 0.6) is 0 Å². The van der Waals surface area contributed by atoms with Crippen LogP contribution in [-0.4, -0.2) is 130 Å². The number of amides is 1. The minimum Gasteiger partial charge on any atom is -0.460 e. The molecule has 16 atom stereocenters. The number of fused-ring (bicyclic) bond motifs is 3. The van der Waals surface area contributed by atoms with Crippen molar-refractivity contribution in [2.45, 2.75) is 167 Å². The van der Waals surface area contributed by atoms with Gasteiger partial charge in [0.1, 0.15) is 30.1 Å². The van der Waals surface area contributed by atoms with Gasteiger partial charge in [-0.25, -0.2) is 4.79 Å². The second-order valence-corrected chi connectivity index (χ2v) is 19.3. The van der Waals surface area contributed by atoms with E-state index in [-0.39, 0.29) is 36.2 Å². The third-order valence-electron chi connectivity index (χ3n) is 14.7. The number of Topliss-reactive ketones (excluding diaryl/α,β-unsaturated/α-hetero) is 3. The fraction of sp³-hybridized carbons (Fsp3) is 0.735. The van der Waals surface area contributed by atoms with Crippen molar-refractivity contribution >= 4 is 29.2 Å². The zero-order valence-corrected chi connectivity index (χ0v) is 38.5. The zero-order chi connectivity index (χ0) is 46.3. The molecule has 1 amide bonds. The van der Waals surface area contributed by atoms with Gasteiger partial charge in [-0.15, -0.1) is 0 Å². The molecule has 0 aromatic rings. The van der Waals surface area contributed by atoms with Crippen LogP contribution in [0.2, 0.25) is 0 Å². The molecule has 4 N–H and O–H groups in total. The molecule has 1 unspecified atom stereocenters. The summed E-state index contributed by atoms with van der Waals surface area (Å²) >= 11 is 0. The van der Waals surface area contributed by atoms with E-state index in [1.54, 1.807) is 41.9 Å². The summed E-state index contributed by atoms with van der Waals surface area (Å²) in [4.78, 5) is 71.5. The quantitative estimate of drug-likeness (QED) is 0.171. The molecule has 352 valence electrons. The zero-order valence-electron chi connectivity index (χ0n) is 38.5. The van der Waals surface area contributed by atoms with E-state index in [4.69, 9.17) is 18.9 Å². The number of carbonyl (C=O) groups is 5. The summed E-state index contributed by atoms with van der Waals surface area (Å²) in [6, 6.07) is -1.14. The maximum Gasteiger partial charge on any atom is 0.329 e. The van der Waals surface area contributed by atoms with Crippen molar-refractivity contribution in [1.82, 2.24) is 4.90 Å². The Morgan fingerprint density at radius 1 is 0.841 bits per heavy atom. The number of ketones is 3. The highest BCUT2D eigenvalue weighted by molar-refractivity contribution is 6.39. The van der Waals surface area contributed by atoms with Gasteiger partial charge in [-0.3, -0.25) is 19.2 Å². The van der Waals surface area contributed by atoms with E-state index in [0.717, 1.165) is 5.57 Å². The Bertz CT molecular complexity index is 1770. The Kier molecular flexibility index (Phi) is 17.8. The van der Waals surface area contributed by atoms with Gasteiger partial charge in [-0.1, -0.05) is 64.2 Å². The average Bonchev–Trinajstić information content (AvgIpc) is 3.26. The van der Waals surface area contributed by atoms with E-state index in [1.807, 2.05) is 44.2 Å². The molecule has 63 heavy (non-hydrogen) atoms. The van der Waals surface area contributed by atoms with Crippen molar-refractivity contribution < 1.29 is 63.3 Å². The molecule has 1 aliphatic carbocycles. The molecule has 14 nitrogen and oxygen atoms in total. The van der Waals surface area contributed by atoms with Gasteiger partial charge in [-0.2, -0.15) is 0 Å². The molecule has 0 spiro atoms. The van der Waals surface area contributed by atoms with E-state index < -0.39 is 108 Å². The molecule has 5 aliphatic rings. The fourth-order valence-electron chi connectivity index (χ4n) is 10.7. The van der Waals surface area contributed by atoms with Gasteiger partial charge >= 0.3 is 5.97 Å². The lowest BCUT2D eigenvalue weighted by atomic mass is 9.68. The summed E-state index contributed by atoms with van der Waals surface area (Å²) in [6.07, 6.45) is 9.47. The van der Waals surface area contributed by atoms with Gasteiger partial charge in [-0.05, 0) is 101 Å². The van der Waals surface area contributed by atoms with Crippen molar-refractivity contribution in [3.8, 4) is 0 Å². The molecule has 4 fully saturated rings. The minimum absolute atomic E-state index is 0.0327. The van der Waals surface area contributed by atoms with E-state index >= 15 is 0 Å². The monoisotopic (exact) mass is 884 g/mol. The number of methoxy groups -OCH3 is 2. The number of nitrogens with zero attached hydrogens (tertiary/aromatic N) is 1.